The van der Waals surface area contributed by atoms with Crippen molar-refractivity contribution in [2.75, 3.05) is 6.61 Å². The van der Waals surface area contributed by atoms with Crippen LogP contribution < -0.4 is 0 Å². The zero-order chi connectivity index (χ0) is 27.0. The average molecular weight is 534 g/mol. The summed E-state index contributed by atoms with van der Waals surface area (Å²) in [4.78, 5) is 30.0. The Morgan fingerprint density at radius 3 is 2.42 bits per heavy atom. The van der Waals surface area contributed by atoms with Crippen molar-refractivity contribution < 1.29 is 19.1 Å². The second-order valence-corrected chi connectivity index (χ2v) is 13.6. The molecule has 5 atom stereocenters. The molecule has 36 heavy (non-hydrogen) atoms. The lowest BCUT2D eigenvalue weighted by atomic mass is 9.85. The number of rotatable bonds is 13. The fourth-order valence-corrected chi connectivity index (χ4v) is 7.44. The maximum Gasteiger partial charge on any atom is 0.323 e. The smallest absolute Gasteiger partial charge is 0.323 e. The van der Waals surface area contributed by atoms with Gasteiger partial charge in [0.1, 0.15) is 10.3 Å². The number of carbonyl (C=O) groups is 2. The minimum atomic E-state index is -0.999. The van der Waals surface area contributed by atoms with E-state index >= 15 is 0 Å². The Balaban J connectivity index is 2.01. The first-order valence-corrected chi connectivity index (χ1v) is 14.4. The van der Waals surface area contributed by atoms with E-state index in [1.54, 1.807) is 6.92 Å². The lowest BCUT2D eigenvalue weighted by Crippen LogP contribution is -2.45. The molecule has 0 heterocycles. The molecule has 2 aliphatic carbocycles. The summed E-state index contributed by atoms with van der Waals surface area (Å²) < 4.78 is 11.4. The van der Waals surface area contributed by atoms with Crippen molar-refractivity contribution in [3.8, 4) is 0 Å². The van der Waals surface area contributed by atoms with Crippen molar-refractivity contribution >= 4 is 40.1 Å². The Bertz CT molecular complexity index is 875. The molecule has 0 N–H and O–H groups in total. The normalized spacial score (nSPS) is 26.1. The van der Waals surface area contributed by atoms with E-state index in [9.17, 15) is 9.59 Å². The third-order valence-electron chi connectivity index (χ3n) is 8.01. The highest BCUT2D eigenvalue weighted by molar-refractivity contribution is 8.24. The van der Waals surface area contributed by atoms with E-state index in [0.717, 1.165) is 44.9 Å². The number of hydrogen-bond donors (Lipinski definition) is 0. The highest BCUT2D eigenvalue weighted by Gasteiger charge is 2.49. The van der Waals surface area contributed by atoms with Gasteiger partial charge in [-0.3, -0.25) is 9.59 Å². The van der Waals surface area contributed by atoms with Crippen LogP contribution in [0.2, 0.25) is 0 Å². The van der Waals surface area contributed by atoms with Crippen molar-refractivity contribution in [2.45, 2.75) is 108 Å². The number of ether oxygens (including phenoxy) is 2. The van der Waals surface area contributed by atoms with Crippen LogP contribution in [0, 0.1) is 24.3 Å². The van der Waals surface area contributed by atoms with E-state index in [-0.39, 0.29) is 30.7 Å². The molecule has 7 heteroatoms. The zero-order valence-electron chi connectivity index (χ0n) is 22.5. The van der Waals surface area contributed by atoms with Crippen LogP contribution in [0.15, 0.2) is 25.3 Å². The van der Waals surface area contributed by atoms with E-state index < -0.39 is 15.9 Å². The highest BCUT2D eigenvalue weighted by atomic mass is 32.2. The van der Waals surface area contributed by atoms with Gasteiger partial charge < -0.3 is 14.3 Å². The second-order valence-electron chi connectivity index (χ2n) is 11.1. The molecule has 2 saturated carbocycles. The lowest BCUT2D eigenvalue weighted by Gasteiger charge is -2.35. The van der Waals surface area contributed by atoms with Gasteiger partial charge in [0.25, 0.3) is 0 Å². The first-order valence-electron chi connectivity index (χ1n) is 13.2. The maximum atomic E-state index is 13.5. The third-order valence-corrected chi connectivity index (χ3v) is 9.30. The molecule has 5 unspecified atom stereocenters. The Labute approximate surface area is 227 Å². The van der Waals surface area contributed by atoms with Crippen LogP contribution in [0.4, 0.5) is 0 Å². The molecule has 200 valence electrons. The SMILES string of the molecule is [C-]#[N+]C(C)(CCC(=O)OCC1CC(C=C)CC1C=C)CC(C)(SC(C)=S)C(=O)OC1(CC)CCCC1. The van der Waals surface area contributed by atoms with E-state index in [1.165, 1.54) is 11.8 Å². The van der Waals surface area contributed by atoms with Gasteiger partial charge in [-0.05, 0) is 76.5 Å². The Kier molecular flexibility index (Phi) is 11.2. The van der Waals surface area contributed by atoms with Crippen molar-refractivity contribution in [2.24, 2.45) is 17.8 Å². The third kappa shape index (κ3) is 8.18. The molecule has 0 bridgehead atoms. The second kappa shape index (κ2) is 13.2. The topological polar surface area (TPSA) is 57.0 Å². The molecule has 0 aromatic rings. The Morgan fingerprint density at radius 2 is 1.89 bits per heavy atom. The van der Waals surface area contributed by atoms with E-state index in [4.69, 9.17) is 28.3 Å². The molecule has 0 saturated heterocycles. The van der Waals surface area contributed by atoms with Crippen LogP contribution in [0.3, 0.4) is 0 Å². The minimum Gasteiger partial charge on any atom is -0.465 e. The van der Waals surface area contributed by atoms with Crippen molar-refractivity contribution in [1.29, 1.82) is 0 Å². The van der Waals surface area contributed by atoms with Crippen molar-refractivity contribution in [3.05, 3.63) is 36.7 Å². The highest BCUT2D eigenvalue weighted by Crippen LogP contribution is 2.43. The quantitative estimate of drug-likeness (QED) is 0.106. The summed E-state index contributed by atoms with van der Waals surface area (Å²) in [5.41, 5.74) is -1.34. The maximum absolute atomic E-state index is 13.5. The van der Waals surface area contributed by atoms with Crippen LogP contribution >= 0.6 is 24.0 Å². The standard InChI is InChI=1S/C29H43NO4S2/c1-8-22-17-23(9-2)24(18-22)19-33-25(31)13-16-27(5,30-7)20-28(6,36-21(4)35)26(32)34-29(10-3)14-11-12-15-29/h8-9,22-24H,1-2,10-20H2,3-6H3. The summed E-state index contributed by atoms with van der Waals surface area (Å²) in [7, 11) is 0. The number of nitrogens with zero attached hydrogens (tertiary/aromatic N) is 1. The van der Waals surface area contributed by atoms with Crippen LogP contribution in [-0.4, -0.2) is 38.6 Å². The van der Waals surface area contributed by atoms with Crippen LogP contribution in [0.5, 0.6) is 0 Å². The number of thioether (sulfide) groups is 1. The summed E-state index contributed by atoms with van der Waals surface area (Å²) in [6.45, 7) is 23.5. The average Bonchev–Trinajstić information content (AvgIpc) is 3.47. The molecule has 2 aliphatic rings. The Hall–Kier alpha value is -1.65. The van der Waals surface area contributed by atoms with Gasteiger partial charge in [-0.15, -0.1) is 24.9 Å². The van der Waals surface area contributed by atoms with Crippen molar-refractivity contribution in [1.82, 2.24) is 0 Å². The molecule has 0 aromatic heterocycles. The zero-order valence-corrected chi connectivity index (χ0v) is 24.1. The summed E-state index contributed by atoms with van der Waals surface area (Å²) >= 11 is 6.64. The molecule has 2 rings (SSSR count). The first kappa shape index (κ1) is 30.6. The van der Waals surface area contributed by atoms with Gasteiger partial charge in [0.2, 0.25) is 5.54 Å². The Morgan fingerprint density at radius 1 is 1.22 bits per heavy atom. The largest absolute Gasteiger partial charge is 0.465 e. The van der Waals surface area contributed by atoms with Gasteiger partial charge in [0.15, 0.2) is 0 Å². The van der Waals surface area contributed by atoms with Gasteiger partial charge in [-0.25, -0.2) is 6.57 Å². The molecule has 0 radical (unpaired) electrons. The van der Waals surface area contributed by atoms with Crippen molar-refractivity contribution in [3.63, 3.8) is 0 Å². The van der Waals surface area contributed by atoms with Gasteiger partial charge in [-0.1, -0.05) is 31.3 Å². The van der Waals surface area contributed by atoms with E-state index in [2.05, 4.69) is 24.9 Å². The minimum absolute atomic E-state index is 0.126. The molecular weight excluding hydrogens is 490 g/mol. The van der Waals surface area contributed by atoms with E-state index in [0.29, 0.717) is 29.1 Å². The predicted molar refractivity (Wildman–Crippen MR) is 152 cm³/mol. The molecule has 5 nitrogen and oxygen atoms in total. The van der Waals surface area contributed by atoms with Gasteiger partial charge >= 0.3 is 11.9 Å². The van der Waals surface area contributed by atoms with Gasteiger partial charge in [0, 0.05) is 17.5 Å². The predicted octanol–water partition coefficient (Wildman–Crippen LogP) is 7.50. The van der Waals surface area contributed by atoms with Gasteiger partial charge in [-0.2, -0.15) is 0 Å². The fourth-order valence-electron chi connectivity index (χ4n) is 5.75. The number of hydrogen-bond acceptors (Lipinski definition) is 6. The number of allylic oxidation sites excluding steroid dienone is 2. The fraction of sp³-hybridized carbons (Fsp3) is 0.724. The summed E-state index contributed by atoms with van der Waals surface area (Å²) in [6, 6.07) is 0. The number of thiocarbonyl (C=S) groups is 1. The van der Waals surface area contributed by atoms with Crippen LogP contribution in [0.25, 0.3) is 4.85 Å². The summed E-state index contributed by atoms with van der Waals surface area (Å²) in [5.74, 6) is 0.378. The van der Waals surface area contributed by atoms with Gasteiger partial charge in [0.05, 0.1) is 19.4 Å². The summed E-state index contributed by atoms with van der Waals surface area (Å²) in [6.07, 6.45) is 11.2. The summed E-state index contributed by atoms with van der Waals surface area (Å²) in [5, 5.41) is 0. The van der Waals surface area contributed by atoms with E-state index in [1.807, 2.05) is 26.0 Å². The van der Waals surface area contributed by atoms with Crippen LogP contribution in [0.1, 0.15) is 91.9 Å². The molecule has 0 aromatic carbocycles. The molecule has 0 spiro atoms. The molecule has 0 amide bonds. The number of esters is 2. The van der Waals surface area contributed by atoms with Crippen LogP contribution in [-0.2, 0) is 19.1 Å². The molecule has 0 aliphatic heterocycles. The molecular formula is C29H43NO4S2. The lowest BCUT2D eigenvalue weighted by molar-refractivity contribution is -0.162. The first-order chi connectivity index (χ1) is 16.9. The molecule has 2 fully saturated rings. The number of carbonyl (C=O) groups excluding carboxylic acids is 2. The monoisotopic (exact) mass is 533 g/mol.